The number of nitrogens with zero attached hydrogens (tertiary/aromatic N) is 1. The smallest absolute Gasteiger partial charge is 0.319 e. The Bertz CT molecular complexity index is 789. The van der Waals surface area contributed by atoms with Crippen LogP contribution in [0.25, 0.3) is 0 Å². The van der Waals surface area contributed by atoms with Crippen molar-refractivity contribution in [1.29, 1.82) is 0 Å². The van der Waals surface area contributed by atoms with Gasteiger partial charge in [0, 0.05) is 17.3 Å². The van der Waals surface area contributed by atoms with Crippen molar-refractivity contribution in [1.82, 2.24) is 5.32 Å². The summed E-state index contributed by atoms with van der Waals surface area (Å²) in [6.07, 6.45) is 0. The molecule has 7 heteroatoms. The lowest BCUT2D eigenvalue weighted by atomic mass is 10.0. The summed E-state index contributed by atoms with van der Waals surface area (Å²) in [5.41, 5.74) is 7.14. The van der Waals surface area contributed by atoms with Crippen LogP contribution in [0.2, 0.25) is 0 Å². The number of imide groups is 1. The number of amides is 3. The van der Waals surface area contributed by atoms with E-state index in [1.165, 1.54) is 0 Å². The summed E-state index contributed by atoms with van der Waals surface area (Å²) in [5.74, 6) is 0.462. The van der Waals surface area contributed by atoms with Gasteiger partial charge in [-0.2, -0.15) is 0 Å². The number of anilines is 1. The molecule has 7 nitrogen and oxygen atoms in total. The fourth-order valence-corrected chi connectivity index (χ4v) is 3.56. The van der Waals surface area contributed by atoms with Crippen molar-refractivity contribution in [2.45, 2.75) is 6.04 Å². The zero-order valence-electron chi connectivity index (χ0n) is 15.4. The number of quaternary nitrogens is 1. The van der Waals surface area contributed by atoms with Crippen molar-refractivity contribution < 1.29 is 19.2 Å². The molecule has 0 aliphatic carbocycles. The molecule has 1 saturated heterocycles. The summed E-state index contributed by atoms with van der Waals surface area (Å²) in [6, 6.07) is 16.2. The van der Waals surface area contributed by atoms with Gasteiger partial charge in [0.1, 0.15) is 5.75 Å². The van der Waals surface area contributed by atoms with Crippen molar-refractivity contribution in [2.75, 3.05) is 38.2 Å². The summed E-state index contributed by atoms with van der Waals surface area (Å²) in [6.45, 7) is 3.14. The molecule has 0 saturated carbocycles. The molecule has 27 heavy (non-hydrogen) atoms. The van der Waals surface area contributed by atoms with Crippen LogP contribution < -0.4 is 25.6 Å². The highest BCUT2D eigenvalue weighted by Gasteiger charge is 2.34. The Labute approximate surface area is 158 Å². The summed E-state index contributed by atoms with van der Waals surface area (Å²) in [4.78, 5) is 27.2. The van der Waals surface area contributed by atoms with Gasteiger partial charge in [0.15, 0.2) is 6.04 Å². The first kappa shape index (κ1) is 18.7. The molecule has 1 fully saturated rings. The Morgan fingerprint density at radius 3 is 2.44 bits per heavy atom. The van der Waals surface area contributed by atoms with E-state index in [1.54, 1.807) is 7.11 Å². The zero-order valence-corrected chi connectivity index (χ0v) is 15.4. The molecule has 1 atom stereocenters. The van der Waals surface area contributed by atoms with Crippen LogP contribution in [-0.4, -0.2) is 45.2 Å². The Kier molecular flexibility index (Phi) is 5.93. The molecule has 1 heterocycles. The Balaban J connectivity index is 1.74. The van der Waals surface area contributed by atoms with Gasteiger partial charge in [-0.25, -0.2) is 4.79 Å². The molecule has 3 amide bonds. The van der Waals surface area contributed by atoms with Crippen LogP contribution in [0.3, 0.4) is 0 Å². The molecule has 3 rings (SSSR count). The number of carbonyl (C=O) groups is 2. The standard InChI is InChI=1S/C20H24N4O3/c1-27-17-9-5-8-16(14-17)23-10-12-24(13-11-23)18(19(25)22-20(21)26)15-6-3-2-4-7-15/h2-9,14,18H,10-13H2,1H3,(H3,21,22,25,26)/p+1/t18-/m1/s1. The molecule has 1 aliphatic heterocycles. The Hall–Kier alpha value is -3.06. The van der Waals surface area contributed by atoms with E-state index in [2.05, 4.69) is 16.3 Å². The lowest BCUT2D eigenvalue weighted by Gasteiger charge is -2.37. The van der Waals surface area contributed by atoms with Crippen molar-refractivity contribution in [3.8, 4) is 5.75 Å². The van der Waals surface area contributed by atoms with Gasteiger partial charge in [0.2, 0.25) is 0 Å². The SMILES string of the molecule is COc1cccc(N2CC[NH+]([C@@H](C(=O)NC(N)=O)c3ccccc3)CC2)c1. The van der Waals surface area contributed by atoms with Crippen molar-refractivity contribution >= 4 is 17.6 Å². The third-order valence-corrected chi connectivity index (χ3v) is 4.87. The number of nitrogens with one attached hydrogen (secondary N) is 2. The highest BCUT2D eigenvalue weighted by molar-refractivity contribution is 5.96. The first-order valence-corrected chi connectivity index (χ1v) is 8.97. The zero-order chi connectivity index (χ0) is 19.2. The van der Waals surface area contributed by atoms with Gasteiger partial charge in [-0.3, -0.25) is 10.1 Å². The van der Waals surface area contributed by atoms with Crippen LogP contribution in [0.4, 0.5) is 10.5 Å². The van der Waals surface area contributed by atoms with Crippen LogP contribution in [0.15, 0.2) is 54.6 Å². The maximum atomic E-state index is 12.6. The summed E-state index contributed by atoms with van der Waals surface area (Å²) in [7, 11) is 1.66. The lowest BCUT2D eigenvalue weighted by Crippen LogP contribution is -3.16. The normalized spacial score (nSPS) is 15.8. The summed E-state index contributed by atoms with van der Waals surface area (Å²) >= 11 is 0. The minimum Gasteiger partial charge on any atom is -0.497 e. The molecule has 2 aromatic rings. The molecule has 0 bridgehead atoms. The molecule has 0 radical (unpaired) electrons. The molecule has 2 aromatic carbocycles. The van der Waals surface area contributed by atoms with Crippen LogP contribution in [0, 0.1) is 0 Å². The molecule has 142 valence electrons. The minimum atomic E-state index is -0.824. The van der Waals surface area contributed by atoms with Crippen LogP contribution in [0.1, 0.15) is 11.6 Å². The predicted molar refractivity (Wildman–Crippen MR) is 103 cm³/mol. The van der Waals surface area contributed by atoms with Gasteiger partial charge in [0.05, 0.1) is 33.3 Å². The maximum Gasteiger partial charge on any atom is 0.319 e. The van der Waals surface area contributed by atoms with E-state index in [0.29, 0.717) is 0 Å². The average Bonchev–Trinajstić information content (AvgIpc) is 2.69. The van der Waals surface area contributed by atoms with Gasteiger partial charge < -0.3 is 20.3 Å². The number of primary amides is 1. The molecule has 4 N–H and O–H groups in total. The predicted octanol–water partition coefficient (Wildman–Crippen LogP) is 0.336. The van der Waals surface area contributed by atoms with Crippen molar-refractivity contribution in [3.05, 3.63) is 60.2 Å². The average molecular weight is 369 g/mol. The highest BCUT2D eigenvalue weighted by Crippen LogP contribution is 2.21. The number of rotatable bonds is 5. The second-order valence-corrected chi connectivity index (χ2v) is 6.54. The first-order valence-electron chi connectivity index (χ1n) is 8.97. The van der Waals surface area contributed by atoms with E-state index >= 15 is 0 Å². The van der Waals surface area contributed by atoms with E-state index < -0.39 is 12.1 Å². The molecule has 0 aromatic heterocycles. The molecular weight excluding hydrogens is 344 g/mol. The number of hydrogen-bond donors (Lipinski definition) is 3. The largest absolute Gasteiger partial charge is 0.497 e. The van der Waals surface area contributed by atoms with E-state index in [-0.39, 0.29) is 5.91 Å². The van der Waals surface area contributed by atoms with Crippen LogP contribution in [0.5, 0.6) is 5.75 Å². The van der Waals surface area contributed by atoms with E-state index in [9.17, 15) is 9.59 Å². The topological polar surface area (TPSA) is 89.1 Å². The van der Waals surface area contributed by atoms with E-state index in [4.69, 9.17) is 10.5 Å². The quantitative estimate of drug-likeness (QED) is 0.709. The van der Waals surface area contributed by atoms with Crippen molar-refractivity contribution in [2.24, 2.45) is 5.73 Å². The molecular formula is C20H25N4O3+. The number of methoxy groups -OCH3 is 1. The number of benzene rings is 2. The lowest BCUT2D eigenvalue weighted by molar-refractivity contribution is -0.922. The second kappa shape index (κ2) is 8.55. The number of ether oxygens (including phenoxy) is 1. The number of piperazine rings is 1. The van der Waals surface area contributed by atoms with Crippen LogP contribution >= 0.6 is 0 Å². The van der Waals surface area contributed by atoms with Gasteiger partial charge in [0.25, 0.3) is 5.91 Å². The Morgan fingerprint density at radius 1 is 1.11 bits per heavy atom. The molecule has 0 unspecified atom stereocenters. The number of hydrogen-bond acceptors (Lipinski definition) is 4. The van der Waals surface area contributed by atoms with Gasteiger partial charge in [-0.15, -0.1) is 0 Å². The third-order valence-electron chi connectivity index (χ3n) is 4.87. The fraction of sp³-hybridized carbons (Fsp3) is 0.300. The maximum absolute atomic E-state index is 12.6. The minimum absolute atomic E-state index is 0.362. The summed E-state index contributed by atoms with van der Waals surface area (Å²) < 4.78 is 5.30. The van der Waals surface area contributed by atoms with Crippen molar-refractivity contribution in [3.63, 3.8) is 0 Å². The Morgan fingerprint density at radius 2 is 1.81 bits per heavy atom. The highest BCUT2D eigenvalue weighted by atomic mass is 16.5. The second-order valence-electron chi connectivity index (χ2n) is 6.54. The van der Waals surface area contributed by atoms with Gasteiger partial charge in [-0.05, 0) is 12.1 Å². The third kappa shape index (κ3) is 4.57. The first-order chi connectivity index (χ1) is 13.1. The molecule has 0 spiro atoms. The van der Waals surface area contributed by atoms with E-state index in [1.807, 2.05) is 48.5 Å². The number of urea groups is 1. The number of carbonyl (C=O) groups excluding carboxylic acids is 2. The fourth-order valence-electron chi connectivity index (χ4n) is 3.56. The van der Waals surface area contributed by atoms with Gasteiger partial charge in [-0.1, -0.05) is 36.4 Å². The summed E-state index contributed by atoms with van der Waals surface area (Å²) in [5, 5.41) is 2.25. The van der Waals surface area contributed by atoms with E-state index in [0.717, 1.165) is 48.1 Å². The van der Waals surface area contributed by atoms with Gasteiger partial charge >= 0.3 is 6.03 Å². The number of nitrogens with two attached hydrogens (primary N) is 1. The monoisotopic (exact) mass is 369 g/mol. The van der Waals surface area contributed by atoms with Crippen LogP contribution in [-0.2, 0) is 4.79 Å². The molecule has 1 aliphatic rings.